The van der Waals surface area contributed by atoms with Crippen LogP contribution in [0.3, 0.4) is 0 Å². The van der Waals surface area contributed by atoms with Gasteiger partial charge in [-0.3, -0.25) is 9.98 Å². The lowest BCUT2D eigenvalue weighted by Gasteiger charge is -2.47. The highest BCUT2D eigenvalue weighted by Gasteiger charge is 2.65. The van der Waals surface area contributed by atoms with E-state index in [1.165, 1.54) is 0 Å². The van der Waals surface area contributed by atoms with Crippen LogP contribution in [0.5, 0.6) is 0 Å². The van der Waals surface area contributed by atoms with Crippen LogP contribution in [-0.4, -0.2) is 122 Å². The van der Waals surface area contributed by atoms with E-state index in [4.69, 9.17) is 14.9 Å². The summed E-state index contributed by atoms with van der Waals surface area (Å²) in [6.07, 6.45) is -11.4. The molecule has 4 heterocycles. The van der Waals surface area contributed by atoms with E-state index in [1.807, 2.05) is 0 Å². The van der Waals surface area contributed by atoms with Crippen LogP contribution in [0.2, 0.25) is 0 Å². The van der Waals surface area contributed by atoms with E-state index in [1.54, 1.807) is 0 Å². The molecule has 0 saturated carbocycles. The van der Waals surface area contributed by atoms with Crippen molar-refractivity contribution in [1.29, 1.82) is 5.41 Å². The van der Waals surface area contributed by atoms with Gasteiger partial charge in [-0.25, -0.2) is 9.97 Å². The first kappa shape index (κ1) is 22.0. The molecule has 4 rings (SSSR count). The van der Waals surface area contributed by atoms with Gasteiger partial charge >= 0.3 is 0 Å². The molecule has 31 heavy (non-hydrogen) atoms. The molecule has 15 heteroatoms. The molecule has 0 bridgehead atoms. The predicted octanol–water partition coefficient (Wildman–Crippen LogP) is -5.23. The average Bonchev–Trinajstić information content (AvgIpc) is 3.29. The smallest absolute Gasteiger partial charge is 0.192 e. The van der Waals surface area contributed by atoms with E-state index in [-0.39, 0.29) is 11.2 Å². The zero-order chi connectivity index (χ0) is 22.7. The Balaban J connectivity index is 1.75. The molecular weight excluding hydrogens is 422 g/mol. The summed E-state index contributed by atoms with van der Waals surface area (Å²) in [7, 11) is 0. The lowest BCUT2D eigenvalue weighted by molar-refractivity contribution is -0.288. The largest absolute Gasteiger partial charge is 0.425 e. The third kappa shape index (κ3) is 3.05. The van der Waals surface area contributed by atoms with Crippen molar-refractivity contribution in [2.24, 2.45) is 0 Å². The molecule has 2 aliphatic heterocycles. The molecule has 2 saturated heterocycles. The van der Waals surface area contributed by atoms with Gasteiger partial charge in [-0.1, -0.05) is 0 Å². The van der Waals surface area contributed by atoms with Crippen LogP contribution >= 0.6 is 0 Å². The number of imidazole rings is 1. The Hall–Kier alpha value is -2.21. The summed E-state index contributed by atoms with van der Waals surface area (Å²) in [5.74, 6) is 0. The van der Waals surface area contributed by atoms with Crippen molar-refractivity contribution in [2.75, 3.05) is 13.2 Å². The van der Waals surface area contributed by atoms with Crippen molar-refractivity contribution in [3.05, 3.63) is 18.1 Å². The number of hydrogen-bond acceptors (Lipinski definition) is 13. The van der Waals surface area contributed by atoms with Crippen LogP contribution in [0.25, 0.3) is 11.2 Å². The average molecular weight is 445 g/mol. The number of nitrogens with one attached hydrogen (secondary N) is 1. The minimum Gasteiger partial charge on any atom is -0.425 e. The van der Waals surface area contributed by atoms with E-state index < -0.39 is 73.3 Å². The molecule has 172 valence electrons. The maximum absolute atomic E-state index is 11.3. The molecule has 9 atom stereocenters. The normalized spacial score (nSPS) is 41.1. The van der Waals surface area contributed by atoms with E-state index in [0.717, 1.165) is 17.2 Å². The summed E-state index contributed by atoms with van der Waals surface area (Å²) in [5.41, 5.74) is -2.95. The summed E-state index contributed by atoms with van der Waals surface area (Å²) >= 11 is 0. The van der Waals surface area contributed by atoms with Gasteiger partial charge < -0.3 is 50.4 Å². The lowest BCUT2D eigenvalue weighted by atomic mass is 9.79. The minimum absolute atomic E-state index is 0.00842. The monoisotopic (exact) mass is 445 g/mol. The van der Waals surface area contributed by atoms with Gasteiger partial charge in [0.1, 0.15) is 49.1 Å². The number of aliphatic hydroxyl groups excluding tert-OH is 6. The Bertz CT molecular complexity index is 1010. The Morgan fingerprint density at radius 3 is 2.35 bits per heavy atom. The van der Waals surface area contributed by atoms with Crippen molar-refractivity contribution in [2.45, 2.75) is 54.6 Å². The summed E-state index contributed by atoms with van der Waals surface area (Å²) in [6, 6.07) is 0. The number of fused-ring (bicyclic) bond motifs is 1. The van der Waals surface area contributed by atoms with Crippen LogP contribution < -0.4 is 5.49 Å². The molecule has 9 N–H and O–H groups in total. The molecule has 2 aliphatic rings. The third-order valence-corrected chi connectivity index (χ3v) is 5.86. The molecule has 0 aromatic carbocycles. The summed E-state index contributed by atoms with van der Waals surface area (Å²) in [5, 5.41) is 89.4. The standard InChI is InChI=1S/C16H23N5O10/c17-13-7-14(19-4-21(13)29)20(3-18-7)15-11(27)16(28,6(2-23)31-15)12-10(26)9(25)8(24)5(1-22)30-12/h3-6,8-12,15,17,22-29H,1-2H2/t5-,6-,8-,9+,10-,11+,12?,15-,16-/m1/s1. The molecule has 0 amide bonds. The Morgan fingerprint density at radius 1 is 1.00 bits per heavy atom. The Morgan fingerprint density at radius 2 is 1.71 bits per heavy atom. The molecule has 15 nitrogen and oxygen atoms in total. The molecule has 1 unspecified atom stereocenters. The molecule has 0 spiro atoms. The highest BCUT2D eigenvalue weighted by Crippen LogP contribution is 2.44. The Labute approximate surface area is 173 Å². The second-order valence-electron chi connectivity index (χ2n) is 7.54. The number of aromatic nitrogens is 4. The topological polar surface area (TPSA) is 240 Å². The number of hydrogen-bond donors (Lipinski definition) is 9. The molecule has 2 fully saturated rings. The van der Waals surface area contributed by atoms with E-state index >= 15 is 0 Å². The Kier molecular flexibility index (Phi) is 5.49. The summed E-state index contributed by atoms with van der Waals surface area (Å²) in [6.45, 7) is -1.59. The van der Waals surface area contributed by atoms with Crippen LogP contribution in [-0.2, 0) is 9.47 Å². The molecule has 0 aliphatic carbocycles. The maximum Gasteiger partial charge on any atom is 0.192 e. The van der Waals surface area contributed by atoms with Crippen LogP contribution in [0.15, 0.2) is 12.7 Å². The highest BCUT2D eigenvalue weighted by atomic mass is 16.6. The summed E-state index contributed by atoms with van der Waals surface area (Å²) < 4.78 is 12.6. The molecule has 2 aromatic heterocycles. The molecule has 2 aromatic rings. The molecule has 0 radical (unpaired) electrons. The van der Waals surface area contributed by atoms with E-state index in [2.05, 4.69) is 9.97 Å². The number of aliphatic hydroxyl groups is 7. The third-order valence-electron chi connectivity index (χ3n) is 5.86. The maximum atomic E-state index is 11.3. The van der Waals surface area contributed by atoms with Gasteiger partial charge in [0.15, 0.2) is 28.5 Å². The fourth-order valence-corrected chi connectivity index (χ4v) is 4.12. The van der Waals surface area contributed by atoms with Crippen molar-refractivity contribution < 1.29 is 50.4 Å². The van der Waals surface area contributed by atoms with Gasteiger partial charge in [-0.05, 0) is 0 Å². The first-order valence-corrected chi connectivity index (χ1v) is 9.32. The number of ether oxygens (including phenoxy) is 2. The molecular formula is C16H23N5O10. The van der Waals surface area contributed by atoms with E-state index in [0.29, 0.717) is 4.73 Å². The number of rotatable bonds is 4. The van der Waals surface area contributed by atoms with E-state index in [9.17, 15) is 41.0 Å². The minimum atomic E-state index is -2.50. The quantitative estimate of drug-likeness (QED) is 0.201. The second kappa shape index (κ2) is 7.73. The van der Waals surface area contributed by atoms with Crippen LogP contribution in [0, 0.1) is 5.41 Å². The van der Waals surface area contributed by atoms with Gasteiger partial charge in [0.25, 0.3) is 0 Å². The van der Waals surface area contributed by atoms with Gasteiger partial charge in [-0.15, -0.1) is 0 Å². The zero-order valence-electron chi connectivity index (χ0n) is 15.9. The van der Waals surface area contributed by atoms with Crippen molar-refractivity contribution >= 4 is 11.2 Å². The first-order chi connectivity index (χ1) is 14.7. The lowest BCUT2D eigenvalue weighted by Crippen LogP contribution is -2.70. The van der Waals surface area contributed by atoms with Crippen LogP contribution in [0.1, 0.15) is 6.23 Å². The van der Waals surface area contributed by atoms with Gasteiger partial charge in [-0.2, -0.15) is 4.73 Å². The van der Waals surface area contributed by atoms with Crippen molar-refractivity contribution in [3.8, 4) is 0 Å². The summed E-state index contributed by atoms with van der Waals surface area (Å²) in [4.78, 5) is 7.87. The fourth-order valence-electron chi connectivity index (χ4n) is 4.12. The predicted molar refractivity (Wildman–Crippen MR) is 94.3 cm³/mol. The second-order valence-corrected chi connectivity index (χ2v) is 7.54. The zero-order valence-corrected chi connectivity index (χ0v) is 15.9. The van der Waals surface area contributed by atoms with Gasteiger partial charge in [0.05, 0.1) is 19.5 Å². The van der Waals surface area contributed by atoms with Crippen molar-refractivity contribution in [3.63, 3.8) is 0 Å². The fraction of sp³-hybridized carbons (Fsp3) is 0.688. The SMILES string of the molecule is N=c1c2ncn([C@@H]3O[C@H](CO)[C@](O)(C4O[C@H](CO)[C@@H](O)[C@H](O)[C@H]4O)[C@H]3O)c2ncn1O. The van der Waals surface area contributed by atoms with Crippen molar-refractivity contribution in [1.82, 2.24) is 19.3 Å². The van der Waals surface area contributed by atoms with Crippen LogP contribution in [0.4, 0.5) is 0 Å². The first-order valence-electron chi connectivity index (χ1n) is 9.32. The highest BCUT2D eigenvalue weighted by molar-refractivity contribution is 5.68. The van der Waals surface area contributed by atoms with Gasteiger partial charge in [0, 0.05) is 0 Å². The number of nitrogens with zero attached hydrogens (tertiary/aromatic N) is 4. The van der Waals surface area contributed by atoms with Gasteiger partial charge in [0.2, 0.25) is 0 Å².